The quantitative estimate of drug-likeness (QED) is 0.884. The number of carbonyl (C=O) groups excluding carboxylic acids is 1. The molecule has 1 aliphatic heterocycles. The SMILES string of the molecule is CNC(=O)C[C@@H]1CN(c2nc(C)cc(C)c2C(F)(F)F)C[C@H]1O. The number of carbonyl (C=O) groups is 1. The summed E-state index contributed by atoms with van der Waals surface area (Å²) in [5.74, 6) is -0.840. The van der Waals surface area contributed by atoms with Gasteiger partial charge in [-0.25, -0.2) is 4.98 Å². The summed E-state index contributed by atoms with van der Waals surface area (Å²) in [5, 5.41) is 12.5. The van der Waals surface area contributed by atoms with Crippen molar-refractivity contribution in [2.45, 2.75) is 32.5 Å². The van der Waals surface area contributed by atoms with Gasteiger partial charge in [-0.15, -0.1) is 0 Å². The second kappa shape index (κ2) is 6.35. The van der Waals surface area contributed by atoms with E-state index in [1.165, 1.54) is 24.9 Å². The van der Waals surface area contributed by atoms with Gasteiger partial charge in [0.1, 0.15) is 11.4 Å². The van der Waals surface area contributed by atoms with E-state index in [-0.39, 0.29) is 36.8 Å². The highest BCUT2D eigenvalue weighted by Gasteiger charge is 2.41. The molecule has 2 heterocycles. The average molecular weight is 331 g/mol. The summed E-state index contributed by atoms with van der Waals surface area (Å²) in [6, 6.07) is 1.39. The lowest BCUT2D eigenvalue weighted by molar-refractivity contribution is -0.137. The molecule has 0 radical (unpaired) electrons. The predicted octanol–water partition coefficient (Wildman–Crippen LogP) is 1.65. The molecule has 0 aliphatic carbocycles. The zero-order valence-corrected chi connectivity index (χ0v) is 13.2. The maximum atomic E-state index is 13.4. The maximum Gasteiger partial charge on any atom is 0.420 e. The molecule has 8 heteroatoms. The molecule has 1 aromatic rings. The molecule has 23 heavy (non-hydrogen) atoms. The number of β-amino-alcohol motifs (C(OH)–C–C–N with tert-alkyl or cyclic N) is 1. The highest BCUT2D eigenvalue weighted by atomic mass is 19.4. The van der Waals surface area contributed by atoms with E-state index in [4.69, 9.17) is 0 Å². The Morgan fingerprint density at radius 3 is 2.65 bits per heavy atom. The van der Waals surface area contributed by atoms with Gasteiger partial charge < -0.3 is 15.3 Å². The predicted molar refractivity (Wildman–Crippen MR) is 79.1 cm³/mol. The lowest BCUT2D eigenvalue weighted by atomic mass is 10.0. The summed E-state index contributed by atoms with van der Waals surface area (Å²) in [6.45, 7) is 3.22. The highest BCUT2D eigenvalue weighted by molar-refractivity contribution is 5.76. The monoisotopic (exact) mass is 331 g/mol. The first-order chi connectivity index (χ1) is 10.6. The molecule has 5 nitrogen and oxygen atoms in total. The van der Waals surface area contributed by atoms with Gasteiger partial charge >= 0.3 is 6.18 Å². The second-order valence-corrected chi connectivity index (χ2v) is 5.89. The summed E-state index contributed by atoms with van der Waals surface area (Å²) in [6.07, 6.45) is -5.32. The third kappa shape index (κ3) is 3.74. The van der Waals surface area contributed by atoms with E-state index in [0.29, 0.717) is 5.69 Å². The molecule has 0 spiro atoms. The van der Waals surface area contributed by atoms with Crippen LogP contribution in [0.3, 0.4) is 0 Å². The standard InChI is InChI=1S/C15H20F3N3O2/c1-8-4-9(2)20-14(13(8)15(16,17)18)21-6-10(11(22)7-21)5-12(23)19-3/h4,10-11,22H,5-7H2,1-3H3,(H,19,23)/t10-,11-/m1/s1. The number of aryl methyl sites for hydroxylation is 2. The van der Waals surface area contributed by atoms with Gasteiger partial charge in [-0.1, -0.05) is 0 Å². The molecule has 0 bridgehead atoms. The van der Waals surface area contributed by atoms with Gasteiger partial charge in [-0.3, -0.25) is 4.79 Å². The summed E-state index contributed by atoms with van der Waals surface area (Å²) in [7, 11) is 1.48. The number of halogens is 3. The van der Waals surface area contributed by atoms with Crippen LogP contribution in [-0.4, -0.2) is 42.2 Å². The van der Waals surface area contributed by atoms with Gasteiger partial charge in [0.15, 0.2) is 0 Å². The number of nitrogens with zero attached hydrogens (tertiary/aromatic N) is 2. The number of aliphatic hydroxyl groups is 1. The van der Waals surface area contributed by atoms with Gasteiger partial charge in [0.25, 0.3) is 0 Å². The first-order valence-corrected chi connectivity index (χ1v) is 7.32. The maximum absolute atomic E-state index is 13.4. The van der Waals surface area contributed by atoms with Crippen LogP contribution in [0, 0.1) is 19.8 Å². The van der Waals surface area contributed by atoms with E-state index < -0.39 is 23.8 Å². The van der Waals surface area contributed by atoms with Crippen molar-refractivity contribution in [3.8, 4) is 0 Å². The minimum atomic E-state index is -4.52. The molecule has 2 N–H and O–H groups in total. The Balaban J connectivity index is 2.34. The van der Waals surface area contributed by atoms with E-state index in [2.05, 4.69) is 10.3 Å². The number of pyridine rings is 1. The van der Waals surface area contributed by atoms with Gasteiger partial charge in [-0.2, -0.15) is 13.2 Å². The van der Waals surface area contributed by atoms with E-state index in [9.17, 15) is 23.1 Å². The van der Waals surface area contributed by atoms with Crippen molar-refractivity contribution in [3.05, 3.63) is 22.9 Å². The molecular formula is C15H20F3N3O2. The molecule has 0 aromatic carbocycles. The smallest absolute Gasteiger partial charge is 0.391 e. The van der Waals surface area contributed by atoms with Crippen LogP contribution in [0.2, 0.25) is 0 Å². The van der Waals surface area contributed by atoms with Crippen molar-refractivity contribution in [2.24, 2.45) is 5.92 Å². The van der Waals surface area contributed by atoms with Gasteiger partial charge in [0, 0.05) is 38.2 Å². The lowest BCUT2D eigenvalue weighted by Gasteiger charge is -2.23. The van der Waals surface area contributed by atoms with E-state index in [0.717, 1.165) is 0 Å². The third-order valence-electron chi connectivity index (χ3n) is 4.04. The Kier molecular flexibility index (Phi) is 4.84. The van der Waals surface area contributed by atoms with Crippen molar-refractivity contribution in [3.63, 3.8) is 0 Å². The zero-order chi connectivity index (χ0) is 17.4. The number of amides is 1. The lowest BCUT2D eigenvalue weighted by Crippen LogP contribution is -2.27. The number of nitrogens with one attached hydrogen (secondary N) is 1. The number of aliphatic hydroxyl groups excluding tert-OH is 1. The van der Waals surface area contributed by atoms with Crippen molar-refractivity contribution >= 4 is 11.7 Å². The van der Waals surface area contributed by atoms with E-state index in [1.807, 2.05) is 0 Å². The second-order valence-electron chi connectivity index (χ2n) is 5.89. The number of hydrogen-bond acceptors (Lipinski definition) is 4. The molecule has 1 saturated heterocycles. The van der Waals surface area contributed by atoms with Crippen LogP contribution in [-0.2, 0) is 11.0 Å². The molecule has 128 valence electrons. The van der Waals surface area contributed by atoms with Crippen LogP contribution in [0.1, 0.15) is 23.2 Å². The number of aromatic nitrogens is 1. The first-order valence-electron chi connectivity index (χ1n) is 7.32. The fourth-order valence-electron chi connectivity index (χ4n) is 2.96. The number of rotatable bonds is 3. The molecule has 1 fully saturated rings. The summed E-state index contributed by atoms with van der Waals surface area (Å²) in [5.41, 5.74) is -0.199. The Morgan fingerprint density at radius 2 is 2.09 bits per heavy atom. The van der Waals surface area contributed by atoms with Crippen molar-refractivity contribution in [1.29, 1.82) is 0 Å². The van der Waals surface area contributed by atoms with Crippen LogP contribution in [0.4, 0.5) is 19.0 Å². The molecule has 1 amide bonds. The fraction of sp³-hybridized carbons (Fsp3) is 0.600. The average Bonchev–Trinajstić information content (AvgIpc) is 2.77. The Labute approximate surface area is 132 Å². The van der Waals surface area contributed by atoms with Crippen LogP contribution in [0.15, 0.2) is 6.07 Å². The number of anilines is 1. The molecule has 2 atom stereocenters. The van der Waals surface area contributed by atoms with Gasteiger partial charge in [-0.05, 0) is 25.5 Å². The fourth-order valence-corrected chi connectivity index (χ4v) is 2.96. The van der Waals surface area contributed by atoms with Gasteiger partial charge in [0.05, 0.1) is 6.10 Å². The van der Waals surface area contributed by atoms with E-state index in [1.54, 1.807) is 6.92 Å². The summed E-state index contributed by atoms with van der Waals surface area (Å²) >= 11 is 0. The third-order valence-corrected chi connectivity index (χ3v) is 4.04. The van der Waals surface area contributed by atoms with Crippen molar-refractivity contribution < 1.29 is 23.1 Å². The Bertz CT molecular complexity index is 604. The summed E-state index contributed by atoms with van der Waals surface area (Å²) < 4.78 is 40.1. The van der Waals surface area contributed by atoms with Crippen LogP contribution >= 0.6 is 0 Å². The molecule has 0 unspecified atom stereocenters. The largest absolute Gasteiger partial charge is 0.420 e. The Morgan fingerprint density at radius 1 is 1.43 bits per heavy atom. The molecule has 0 saturated carbocycles. The molecule has 1 aromatic heterocycles. The van der Waals surface area contributed by atoms with Crippen molar-refractivity contribution in [1.82, 2.24) is 10.3 Å². The molecule has 2 rings (SSSR count). The number of alkyl halides is 3. The topological polar surface area (TPSA) is 65.5 Å². The number of hydrogen-bond donors (Lipinski definition) is 2. The van der Waals surface area contributed by atoms with Crippen molar-refractivity contribution in [2.75, 3.05) is 25.0 Å². The normalized spacial score (nSPS) is 21.6. The van der Waals surface area contributed by atoms with Crippen LogP contribution in [0.5, 0.6) is 0 Å². The van der Waals surface area contributed by atoms with Crippen LogP contribution in [0.25, 0.3) is 0 Å². The minimum absolute atomic E-state index is 0.0284. The Hall–Kier alpha value is -1.83. The first kappa shape index (κ1) is 17.5. The highest BCUT2D eigenvalue weighted by Crippen LogP contribution is 2.39. The minimum Gasteiger partial charge on any atom is -0.391 e. The molecule has 1 aliphatic rings. The zero-order valence-electron chi connectivity index (χ0n) is 13.2. The van der Waals surface area contributed by atoms with Gasteiger partial charge in [0.2, 0.25) is 5.91 Å². The molecular weight excluding hydrogens is 311 g/mol. The van der Waals surface area contributed by atoms with Crippen LogP contribution < -0.4 is 10.2 Å². The van der Waals surface area contributed by atoms with E-state index >= 15 is 0 Å². The summed E-state index contributed by atoms with van der Waals surface area (Å²) in [4.78, 5) is 16.9.